The molecule has 18 heavy (non-hydrogen) atoms. The first-order valence-electron chi connectivity index (χ1n) is 6.36. The van der Waals surface area contributed by atoms with Crippen molar-refractivity contribution < 1.29 is 4.79 Å². The Bertz CT molecular complexity index is 425. The van der Waals surface area contributed by atoms with Gasteiger partial charge in [-0.3, -0.25) is 4.79 Å². The third kappa shape index (κ3) is 3.36. The lowest BCUT2D eigenvalue weighted by Gasteiger charge is -2.31. The molecule has 1 saturated heterocycles. The number of amides is 1. The summed E-state index contributed by atoms with van der Waals surface area (Å²) in [6.45, 7) is 4.05. The van der Waals surface area contributed by atoms with Crippen LogP contribution in [0.2, 0.25) is 0 Å². The number of hydrogen-bond acceptors (Lipinski definition) is 2. The molecule has 0 bridgehead atoms. The van der Waals surface area contributed by atoms with Crippen LogP contribution in [0.3, 0.4) is 0 Å². The molecule has 100 valence electrons. The lowest BCUT2D eigenvalue weighted by molar-refractivity contribution is 0.0686. The zero-order valence-corrected chi connectivity index (χ0v) is 14.4. The summed E-state index contributed by atoms with van der Waals surface area (Å²) in [5.74, 6) is 0.982. The van der Waals surface area contributed by atoms with Gasteiger partial charge in [-0.05, 0) is 56.7 Å². The molecule has 2 nitrogen and oxygen atoms in total. The Morgan fingerprint density at radius 3 is 2.61 bits per heavy atom. The topological polar surface area (TPSA) is 20.3 Å². The number of halogens is 2. The predicted octanol–water partition coefficient (Wildman–Crippen LogP) is 4.93. The summed E-state index contributed by atoms with van der Waals surface area (Å²) in [4.78, 5) is 14.4. The van der Waals surface area contributed by atoms with Crippen molar-refractivity contribution in [3.8, 4) is 0 Å². The lowest BCUT2D eigenvalue weighted by Crippen LogP contribution is -2.38. The van der Waals surface area contributed by atoms with E-state index in [1.165, 1.54) is 12.8 Å². The van der Waals surface area contributed by atoms with Crippen molar-refractivity contribution in [2.75, 3.05) is 13.1 Å². The average molecular weight is 395 g/mol. The van der Waals surface area contributed by atoms with Gasteiger partial charge in [-0.1, -0.05) is 19.8 Å². The molecule has 1 aliphatic heterocycles. The molecule has 0 unspecified atom stereocenters. The minimum absolute atomic E-state index is 0.166. The van der Waals surface area contributed by atoms with E-state index in [9.17, 15) is 4.79 Å². The second-order valence-electron chi connectivity index (χ2n) is 4.76. The monoisotopic (exact) mass is 393 g/mol. The van der Waals surface area contributed by atoms with Crippen LogP contribution < -0.4 is 0 Å². The second-order valence-corrected chi connectivity index (χ2v) is 8.51. The van der Waals surface area contributed by atoms with Crippen LogP contribution in [-0.4, -0.2) is 23.9 Å². The summed E-state index contributed by atoms with van der Waals surface area (Å²) in [6.07, 6.45) is 4.86. The summed E-state index contributed by atoms with van der Waals surface area (Å²) >= 11 is 8.44. The fourth-order valence-corrected chi connectivity index (χ4v) is 5.27. The molecule has 0 spiro atoms. The van der Waals surface area contributed by atoms with Gasteiger partial charge in [0, 0.05) is 13.1 Å². The van der Waals surface area contributed by atoms with E-state index in [2.05, 4.69) is 38.8 Å². The first kappa shape index (κ1) is 14.5. The molecular weight excluding hydrogens is 378 g/mol. The number of carbonyl (C=O) groups excluding carboxylic acids is 1. The Balaban J connectivity index is 1.97. The number of likely N-dealkylation sites (tertiary alicyclic amines) is 1. The minimum atomic E-state index is 0.166. The van der Waals surface area contributed by atoms with Gasteiger partial charge in [0.15, 0.2) is 0 Å². The van der Waals surface area contributed by atoms with Crippen LogP contribution >= 0.6 is 43.2 Å². The second kappa shape index (κ2) is 6.53. The average Bonchev–Trinajstić information content (AvgIpc) is 2.69. The number of thiophene rings is 1. The van der Waals surface area contributed by atoms with Gasteiger partial charge in [0.05, 0.1) is 13.1 Å². The molecule has 2 heterocycles. The van der Waals surface area contributed by atoms with Gasteiger partial charge < -0.3 is 4.90 Å². The fraction of sp³-hybridized carbons (Fsp3) is 0.615. The van der Waals surface area contributed by atoms with Gasteiger partial charge in [0.25, 0.3) is 5.91 Å². The van der Waals surface area contributed by atoms with Crippen LogP contribution in [0.1, 0.15) is 43.0 Å². The van der Waals surface area contributed by atoms with Gasteiger partial charge in [-0.2, -0.15) is 0 Å². The van der Waals surface area contributed by atoms with E-state index >= 15 is 0 Å². The molecule has 1 fully saturated rings. The summed E-state index contributed by atoms with van der Waals surface area (Å²) in [6, 6.07) is 1.91. The fourth-order valence-electron chi connectivity index (χ4n) is 2.49. The highest BCUT2D eigenvalue weighted by molar-refractivity contribution is 9.12. The van der Waals surface area contributed by atoms with E-state index in [-0.39, 0.29) is 5.91 Å². The smallest absolute Gasteiger partial charge is 0.255 e. The molecule has 1 amide bonds. The third-order valence-electron chi connectivity index (χ3n) is 3.49. The van der Waals surface area contributed by atoms with Gasteiger partial charge in [-0.15, -0.1) is 11.3 Å². The van der Waals surface area contributed by atoms with Crippen LogP contribution in [0.15, 0.2) is 13.6 Å². The predicted molar refractivity (Wildman–Crippen MR) is 83.3 cm³/mol. The standard InChI is InChI=1S/C13H17Br2NOS/c1-2-3-9-4-6-16(7-5-9)13(17)10-8-11(14)18-12(10)15/h8-9H,2-7H2,1H3. The Labute approximate surface area is 129 Å². The molecule has 5 heteroatoms. The molecule has 1 aromatic heterocycles. The van der Waals surface area contributed by atoms with Gasteiger partial charge in [-0.25, -0.2) is 0 Å². The van der Waals surface area contributed by atoms with Crippen molar-refractivity contribution in [1.29, 1.82) is 0 Å². The molecule has 0 aliphatic carbocycles. The summed E-state index contributed by atoms with van der Waals surface area (Å²) in [7, 11) is 0. The normalized spacial score (nSPS) is 17.2. The van der Waals surface area contributed by atoms with Crippen LogP contribution in [0, 0.1) is 5.92 Å². The zero-order valence-electron chi connectivity index (χ0n) is 10.4. The number of carbonyl (C=O) groups is 1. The van der Waals surface area contributed by atoms with E-state index in [1.54, 1.807) is 11.3 Å². The summed E-state index contributed by atoms with van der Waals surface area (Å²) in [5.41, 5.74) is 0.792. The summed E-state index contributed by atoms with van der Waals surface area (Å²) in [5, 5.41) is 0. The van der Waals surface area contributed by atoms with E-state index in [4.69, 9.17) is 0 Å². The van der Waals surface area contributed by atoms with E-state index < -0.39 is 0 Å². The molecule has 1 aliphatic rings. The minimum Gasteiger partial charge on any atom is -0.339 e. The molecule has 0 saturated carbocycles. The molecule has 0 N–H and O–H groups in total. The van der Waals surface area contributed by atoms with Crippen molar-refractivity contribution in [2.45, 2.75) is 32.6 Å². The number of piperidine rings is 1. The van der Waals surface area contributed by atoms with Crippen molar-refractivity contribution >= 4 is 49.1 Å². The van der Waals surface area contributed by atoms with Gasteiger partial charge in [0.2, 0.25) is 0 Å². The molecule has 2 rings (SSSR count). The van der Waals surface area contributed by atoms with Gasteiger partial charge >= 0.3 is 0 Å². The zero-order chi connectivity index (χ0) is 13.1. The quantitative estimate of drug-likeness (QED) is 0.711. The van der Waals surface area contributed by atoms with Crippen molar-refractivity contribution in [3.63, 3.8) is 0 Å². The highest BCUT2D eigenvalue weighted by Crippen LogP contribution is 2.33. The largest absolute Gasteiger partial charge is 0.339 e. The Morgan fingerprint density at radius 2 is 2.11 bits per heavy atom. The number of hydrogen-bond donors (Lipinski definition) is 0. The van der Waals surface area contributed by atoms with Crippen molar-refractivity contribution in [1.82, 2.24) is 4.90 Å². The van der Waals surface area contributed by atoms with E-state index in [1.807, 2.05) is 11.0 Å². The van der Waals surface area contributed by atoms with E-state index in [0.29, 0.717) is 0 Å². The molecule has 0 atom stereocenters. The first-order chi connectivity index (χ1) is 8.61. The number of nitrogens with zero attached hydrogens (tertiary/aromatic N) is 1. The maximum absolute atomic E-state index is 12.4. The maximum atomic E-state index is 12.4. The first-order valence-corrected chi connectivity index (χ1v) is 8.76. The highest BCUT2D eigenvalue weighted by atomic mass is 79.9. The van der Waals surface area contributed by atoms with Crippen molar-refractivity contribution in [3.05, 3.63) is 19.2 Å². The lowest BCUT2D eigenvalue weighted by atomic mass is 9.92. The highest BCUT2D eigenvalue weighted by Gasteiger charge is 2.25. The Morgan fingerprint density at radius 1 is 1.44 bits per heavy atom. The van der Waals surface area contributed by atoms with E-state index in [0.717, 1.165) is 45.0 Å². The SMILES string of the molecule is CCCC1CCN(C(=O)c2cc(Br)sc2Br)CC1. The van der Waals surface area contributed by atoms with Crippen LogP contribution in [0.4, 0.5) is 0 Å². The molecule has 0 radical (unpaired) electrons. The van der Waals surface area contributed by atoms with Gasteiger partial charge in [0.1, 0.15) is 0 Å². The Hall–Kier alpha value is 0.130. The third-order valence-corrected chi connectivity index (χ3v) is 5.83. The summed E-state index contributed by atoms with van der Waals surface area (Å²) < 4.78 is 1.92. The Kier molecular flexibility index (Phi) is 5.27. The molecule has 1 aromatic rings. The van der Waals surface area contributed by atoms with Crippen LogP contribution in [0.25, 0.3) is 0 Å². The number of rotatable bonds is 3. The van der Waals surface area contributed by atoms with Crippen LogP contribution in [-0.2, 0) is 0 Å². The molecule has 0 aromatic carbocycles. The molecular formula is C13H17Br2NOS. The maximum Gasteiger partial charge on any atom is 0.255 e. The van der Waals surface area contributed by atoms with Crippen LogP contribution in [0.5, 0.6) is 0 Å². The van der Waals surface area contributed by atoms with Crippen molar-refractivity contribution in [2.24, 2.45) is 5.92 Å².